The first kappa shape index (κ1) is 24.2. The van der Waals surface area contributed by atoms with Gasteiger partial charge in [0, 0.05) is 48.0 Å². The molecule has 3 unspecified atom stereocenters. The van der Waals surface area contributed by atoms with Gasteiger partial charge in [-0.15, -0.1) is 0 Å². The van der Waals surface area contributed by atoms with Crippen LogP contribution in [0.1, 0.15) is 42.6 Å². The second-order valence-corrected chi connectivity index (χ2v) is 9.35. The van der Waals surface area contributed by atoms with Gasteiger partial charge in [0.1, 0.15) is 5.75 Å². The lowest BCUT2D eigenvalue weighted by Crippen LogP contribution is -2.40. The van der Waals surface area contributed by atoms with Crippen LogP contribution in [0.5, 0.6) is 5.75 Å². The van der Waals surface area contributed by atoms with E-state index in [1.807, 2.05) is 61.5 Å². The zero-order valence-corrected chi connectivity index (χ0v) is 20.7. The van der Waals surface area contributed by atoms with Crippen molar-refractivity contribution in [2.24, 2.45) is 5.92 Å². The number of ketones is 3. The molecule has 37 heavy (non-hydrogen) atoms. The molecule has 0 radical (unpaired) electrons. The van der Waals surface area contributed by atoms with Crippen LogP contribution in [0, 0.1) is 5.92 Å². The van der Waals surface area contributed by atoms with Crippen LogP contribution < -0.4 is 9.64 Å². The van der Waals surface area contributed by atoms with E-state index < -0.39 is 17.9 Å². The highest BCUT2D eigenvalue weighted by atomic mass is 16.5. The molecule has 5 nitrogen and oxygen atoms in total. The number of para-hydroxylation sites is 1. The Morgan fingerprint density at radius 1 is 0.649 bits per heavy atom. The molecule has 0 fully saturated rings. The lowest BCUT2D eigenvalue weighted by molar-refractivity contribution is 0.0669. The van der Waals surface area contributed by atoms with Gasteiger partial charge in [0.05, 0.1) is 5.92 Å². The number of Topliss-reactive ketones (excluding diaryl/α,β-unsaturated/α-hetero) is 3. The number of nitrogens with zero attached hydrogens (tertiary/aromatic N) is 1. The maximum atomic E-state index is 14.1. The van der Waals surface area contributed by atoms with Crippen molar-refractivity contribution in [3.05, 3.63) is 131 Å². The van der Waals surface area contributed by atoms with Gasteiger partial charge in [0.25, 0.3) is 0 Å². The fourth-order valence-electron chi connectivity index (χ4n) is 4.90. The summed E-state index contributed by atoms with van der Waals surface area (Å²) in [4.78, 5) is 43.8. The summed E-state index contributed by atoms with van der Waals surface area (Å²) in [6, 6.07) is 32.1. The number of anilines is 1. The average molecular weight is 490 g/mol. The van der Waals surface area contributed by atoms with Gasteiger partial charge in [0.15, 0.2) is 17.7 Å². The summed E-state index contributed by atoms with van der Waals surface area (Å²) in [5.41, 5.74) is 2.92. The quantitative estimate of drug-likeness (QED) is 0.229. The van der Waals surface area contributed by atoms with Crippen LogP contribution in [-0.2, 0) is 0 Å². The van der Waals surface area contributed by atoms with Crippen molar-refractivity contribution in [3.63, 3.8) is 0 Å². The minimum absolute atomic E-state index is 0.261. The summed E-state index contributed by atoms with van der Waals surface area (Å²) in [6.45, 7) is 0. The van der Waals surface area contributed by atoms with Crippen molar-refractivity contribution in [2.75, 3.05) is 19.0 Å². The number of hydrogen-bond donors (Lipinski definition) is 0. The van der Waals surface area contributed by atoms with Gasteiger partial charge in [-0.25, -0.2) is 0 Å². The van der Waals surface area contributed by atoms with E-state index in [1.54, 1.807) is 66.7 Å². The van der Waals surface area contributed by atoms with Crippen LogP contribution in [0.2, 0.25) is 0 Å². The molecule has 4 aromatic carbocycles. The van der Waals surface area contributed by atoms with Gasteiger partial charge in [-0.05, 0) is 30.3 Å². The normalized spacial score (nSPS) is 16.8. The van der Waals surface area contributed by atoms with E-state index >= 15 is 0 Å². The summed E-state index contributed by atoms with van der Waals surface area (Å²) in [7, 11) is 3.84. The molecular weight excluding hydrogens is 462 g/mol. The SMILES string of the molecule is CN(C)c1ccc(C(=O)C(C(=O)c2ccccc2)C2c3ccccc3OC2C(=O)c2ccccc2)cc1. The van der Waals surface area contributed by atoms with Crippen LogP contribution in [0.3, 0.4) is 0 Å². The third-order valence-electron chi connectivity index (χ3n) is 6.83. The first-order valence-electron chi connectivity index (χ1n) is 12.2. The fraction of sp³-hybridized carbons (Fsp3) is 0.156. The topological polar surface area (TPSA) is 63.7 Å². The summed E-state index contributed by atoms with van der Waals surface area (Å²) in [6.07, 6.45) is -1.01. The molecule has 184 valence electrons. The Balaban J connectivity index is 1.64. The van der Waals surface area contributed by atoms with Crippen LogP contribution in [0.4, 0.5) is 5.69 Å². The Kier molecular flexibility index (Phi) is 6.69. The molecule has 0 N–H and O–H groups in total. The predicted octanol–water partition coefficient (Wildman–Crippen LogP) is 5.86. The number of benzene rings is 4. The molecule has 3 atom stereocenters. The Hall–Kier alpha value is -4.51. The third-order valence-corrected chi connectivity index (χ3v) is 6.83. The molecule has 0 spiro atoms. The molecule has 0 aliphatic carbocycles. The maximum absolute atomic E-state index is 14.1. The Morgan fingerprint density at radius 2 is 1.16 bits per heavy atom. The summed E-state index contributed by atoms with van der Waals surface area (Å²) in [5, 5.41) is 0. The number of carbonyl (C=O) groups is 3. The van der Waals surface area contributed by atoms with Gasteiger partial charge in [-0.1, -0.05) is 78.9 Å². The molecule has 1 aliphatic heterocycles. The van der Waals surface area contributed by atoms with E-state index in [0.717, 1.165) is 5.69 Å². The minimum atomic E-state index is -1.14. The van der Waals surface area contributed by atoms with Crippen molar-refractivity contribution in [3.8, 4) is 5.75 Å². The van der Waals surface area contributed by atoms with Gasteiger partial charge in [-0.3, -0.25) is 14.4 Å². The molecule has 0 saturated carbocycles. The van der Waals surface area contributed by atoms with Crippen molar-refractivity contribution in [1.29, 1.82) is 0 Å². The highest BCUT2D eigenvalue weighted by molar-refractivity contribution is 6.17. The zero-order chi connectivity index (χ0) is 25.9. The van der Waals surface area contributed by atoms with Gasteiger partial charge in [0.2, 0.25) is 5.78 Å². The molecule has 5 rings (SSSR count). The number of carbonyl (C=O) groups excluding carboxylic acids is 3. The predicted molar refractivity (Wildman–Crippen MR) is 144 cm³/mol. The molecule has 0 aromatic heterocycles. The van der Waals surface area contributed by atoms with E-state index in [9.17, 15) is 14.4 Å². The summed E-state index contributed by atoms with van der Waals surface area (Å²) < 4.78 is 6.18. The molecule has 5 heteroatoms. The average Bonchev–Trinajstić information content (AvgIpc) is 3.33. The lowest BCUT2D eigenvalue weighted by Gasteiger charge is -2.26. The smallest absolute Gasteiger partial charge is 0.203 e. The van der Waals surface area contributed by atoms with Crippen LogP contribution in [-0.4, -0.2) is 37.5 Å². The minimum Gasteiger partial charge on any atom is -0.481 e. The standard InChI is InChI=1S/C32H27NO4/c1-33(2)24-19-17-23(18-20-24)30(35)28(29(34)21-11-5-3-6-12-21)27-25-15-9-10-16-26(25)37-32(27)31(36)22-13-7-4-8-14-22/h3-20,27-28,32H,1-2H3. The third kappa shape index (κ3) is 4.68. The Morgan fingerprint density at radius 3 is 1.76 bits per heavy atom. The maximum Gasteiger partial charge on any atom is 0.203 e. The molecule has 0 bridgehead atoms. The zero-order valence-electron chi connectivity index (χ0n) is 20.7. The van der Waals surface area contributed by atoms with Crippen LogP contribution in [0.15, 0.2) is 109 Å². The molecule has 0 saturated heterocycles. The molecule has 4 aromatic rings. The highest BCUT2D eigenvalue weighted by Crippen LogP contribution is 2.45. The van der Waals surface area contributed by atoms with E-state index in [1.165, 1.54) is 0 Å². The Labute approximate surface area is 216 Å². The monoisotopic (exact) mass is 489 g/mol. The van der Waals surface area contributed by atoms with Gasteiger partial charge >= 0.3 is 0 Å². The van der Waals surface area contributed by atoms with Crippen molar-refractivity contribution < 1.29 is 19.1 Å². The molecule has 1 aliphatic rings. The fourth-order valence-corrected chi connectivity index (χ4v) is 4.90. The van der Waals surface area contributed by atoms with E-state index in [2.05, 4.69) is 0 Å². The Bertz CT molecular complexity index is 1430. The summed E-state index contributed by atoms with van der Waals surface area (Å²) in [5.74, 6) is -2.34. The van der Waals surface area contributed by atoms with E-state index in [4.69, 9.17) is 4.74 Å². The van der Waals surface area contributed by atoms with E-state index in [0.29, 0.717) is 28.0 Å². The number of rotatable bonds is 8. The van der Waals surface area contributed by atoms with Gasteiger partial charge in [-0.2, -0.15) is 0 Å². The first-order valence-corrected chi connectivity index (χ1v) is 12.2. The second-order valence-electron chi connectivity index (χ2n) is 9.35. The first-order chi connectivity index (χ1) is 18.0. The number of hydrogen-bond acceptors (Lipinski definition) is 5. The molecule has 0 amide bonds. The second kappa shape index (κ2) is 10.2. The summed E-state index contributed by atoms with van der Waals surface area (Å²) >= 11 is 0. The van der Waals surface area contributed by atoms with Gasteiger partial charge < -0.3 is 9.64 Å². The van der Waals surface area contributed by atoms with Crippen LogP contribution in [0.25, 0.3) is 0 Å². The highest BCUT2D eigenvalue weighted by Gasteiger charge is 2.49. The van der Waals surface area contributed by atoms with Crippen molar-refractivity contribution in [2.45, 2.75) is 12.0 Å². The largest absolute Gasteiger partial charge is 0.481 e. The number of ether oxygens (including phenoxy) is 1. The molecular formula is C32H27NO4. The van der Waals surface area contributed by atoms with E-state index in [-0.39, 0.29) is 17.3 Å². The van der Waals surface area contributed by atoms with Crippen molar-refractivity contribution >= 4 is 23.0 Å². The number of fused-ring (bicyclic) bond motifs is 1. The van der Waals surface area contributed by atoms with Crippen LogP contribution >= 0.6 is 0 Å². The molecule has 1 heterocycles. The van der Waals surface area contributed by atoms with Crippen molar-refractivity contribution in [1.82, 2.24) is 0 Å². The lowest BCUT2D eigenvalue weighted by atomic mass is 9.74.